The van der Waals surface area contributed by atoms with Crippen LogP contribution in [0.3, 0.4) is 0 Å². The van der Waals surface area contributed by atoms with Gasteiger partial charge in [-0.2, -0.15) is 9.68 Å². The van der Waals surface area contributed by atoms with E-state index in [0.717, 1.165) is 11.3 Å². The number of benzene rings is 2. The molecule has 2 aromatic carbocycles. The molecule has 0 aliphatic carbocycles. The minimum atomic E-state index is -0.157. The monoisotopic (exact) mass is 395 g/mol. The van der Waals surface area contributed by atoms with Crippen LogP contribution in [0, 0.1) is 11.3 Å². The van der Waals surface area contributed by atoms with Crippen molar-refractivity contribution in [3.05, 3.63) is 63.6 Å². The van der Waals surface area contributed by atoms with Gasteiger partial charge in [0, 0.05) is 27.8 Å². The second kappa shape index (κ2) is 8.24. The fourth-order valence-electron chi connectivity index (χ4n) is 2.61. The summed E-state index contributed by atoms with van der Waals surface area (Å²) in [6.07, 6.45) is -0.157. The molecule has 130 valence electrons. The molecule has 2 aromatic rings. The molecule has 0 amide bonds. The normalized spacial score (nSPS) is 18.7. The van der Waals surface area contributed by atoms with Gasteiger partial charge >= 0.3 is 0 Å². The number of nitrogens with one attached hydrogen (secondary N) is 2. The summed E-state index contributed by atoms with van der Waals surface area (Å²) < 4.78 is 1.64. The lowest BCUT2D eigenvalue weighted by atomic mass is 10.2. The highest BCUT2D eigenvalue weighted by atomic mass is 35.5. The highest BCUT2D eigenvalue weighted by Gasteiger charge is 2.26. The van der Waals surface area contributed by atoms with Crippen molar-refractivity contribution in [3.8, 4) is 6.07 Å². The van der Waals surface area contributed by atoms with Crippen LogP contribution in [0.15, 0.2) is 42.5 Å². The summed E-state index contributed by atoms with van der Waals surface area (Å²) in [7, 11) is 0. The van der Waals surface area contributed by atoms with Gasteiger partial charge in [-0.05, 0) is 48.2 Å². The summed E-state index contributed by atoms with van der Waals surface area (Å²) in [6.45, 7) is 1.59. The first-order valence-electron chi connectivity index (χ1n) is 7.64. The van der Waals surface area contributed by atoms with Gasteiger partial charge in [0.2, 0.25) is 0 Å². The fraction of sp³-hybridized carbons (Fsp3) is 0.235. The van der Waals surface area contributed by atoms with E-state index in [0.29, 0.717) is 35.5 Å². The number of hydrogen-bond donors (Lipinski definition) is 2. The minimum Gasteiger partial charge on any atom is -0.357 e. The molecule has 25 heavy (non-hydrogen) atoms. The molecule has 0 bridgehead atoms. The number of anilines is 1. The number of nitriles is 1. The molecule has 0 aromatic heterocycles. The second-order valence-corrected chi connectivity index (χ2v) is 6.94. The molecular weight excluding hydrogens is 381 g/mol. The van der Waals surface area contributed by atoms with Gasteiger partial charge in [0.25, 0.3) is 0 Å². The molecule has 0 radical (unpaired) electrons. The summed E-state index contributed by atoms with van der Waals surface area (Å²) in [4.78, 5) is 2.09. The molecular formula is C17H16Cl3N5. The summed E-state index contributed by atoms with van der Waals surface area (Å²) in [6, 6.07) is 14.9. The van der Waals surface area contributed by atoms with Gasteiger partial charge in [-0.1, -0.05) is 29.3 Å². The molecule has 8 heteroatoms. The maximum atomic E-state index is 8.90. The smallest absolute Gasteiger partial charge is 0.137 e. The summed E-state index contributed by atoms with van der Waals surface area (Å²) in [5, 5.41) is 16.9. The standard InChI is InChI=1S/C17H16Cl3N5/c18-15-2-1-3-16(19)14(15)9-24-11-25(20)10-22-17(24)23-13-6-4-12(8-21)5-7-13/h1-7,17,22-23H,9-11H2. The molecule has 0 saturated carbocycles. The third kappa shape index (κ3) is 4.56. The van der Waals surface area contributed by atoms with Crippen LogP contribution in [-0.2, 0) is 6.54 Å². The Bertz CT molecular complexity index is 755. The molecule has 1 fully saturated rings. The predicted octanol–water partition coefficient (Wildman–Crippen LogP) is 4.04. The van der Waals surface area contributed by atoms with E-state index in [1.807, 2.05) is 30.3 Å². The van der Waals surface area contributed by atoms with Crippen LogP contribution < -0.4 is 10.6 Å². The number of halogens is 3. The predicted molar refractivity (Wildman–Crippen MR) is 101 cm³/mol. The average molecular weight is 397 g/mol. The van der Waals surface area contributed by atoms with E-state index in [4.69, 9.17) is 40.2 Å². The molecule has 2 N–H and O–H groups in total. The quantitative estimate of drug-likeness (QED) is 0.764. The third-order valence-corrected chi connectivity index (χ3v) is 4.83. The average Bonchev–Trinajstić information content (AvgIpc) is 2.61. The first kappa shape index (κ1) is 18.3. The molecule has 1 aliphatic heterocycles. The van der Waals surface area contributed by atoms with Gasteiger partial charge in [-0.3, -0.25) is 10.2 Å². The Balaban J connectivity index is 1.77. The fourth-order valence-corrected chi connectivity index (χ4v) is 3.34. The summed E-state index contributed by atoms with van der Waals surface area (Å²) in [5.41, 5.74) is 2.37. The van der Waals surface area contributed by atoms with Crippen molar-refractivity contribution < 1.29 is 0 Å². The second-order valence-electron chi connectivity index (χ2n) is 5.65. The Morgan fingerprint density at radius 2 is 1.84 bits per heavy atom. The Hall–Kier alpha value is -1.52. The minimum absolute atomic E-state index is 0.157. The van der Waals surface area contributed by atoms with Crippen LogP contribution in [0.1, 0.15) is 11.1 Å². The molecule has 1 unspecified atom stereocenters. The van der Waals surface area contributed by atoms with Gasteiger partial charge in [0.05, 0.1) is 25.0 Å². The zero-order valence-corrected chi connectivity index (χ0v) is 15.5. The molecule has 1 saturated heterocycles. The van der Waals surface area contributed by atoms with E-state index in [-0.39, 0.29) is 6.29 Å². The topological polar surface area (TPSA) is 54.3 Å². The molecule has 0 spiro atoms. The first-order chi connectivity index (χ1) is 12.1. The zero-order valence-electron chi connectivity index (χ0n) is 13.2. The Morgan fingerprint density at radius 3 is 2.48 bits per heavy atom. The molecule has 1 aliphatic rings. The van der Waals surface area contributed by atoms with Crippen molar-refractivity contribution in [2.24, 2.45) is 0 Å². The van der Waals surface area contributed by atoms with E-state index < -0.39 is 0 Å². The van der Waals surface area contributed by atoms with Gasteiger partial charge < -0.3 is 5.32 Å². The summed E-state index contributed by atoms with van der Waals surface area (Å²) in [5.74, 6) is 0. The number of nitrogens with zero attached hydrogens (tertiary/aromatic N) is 3. The van der Waals surface area contributed by atoms with Crippen molar-refractivity contribution >= 4 is 40.7 Å². The Kier molecular flexibility index (Phi) is 6.02. The molecule has 1 atom stereocenters. The SMILES string of the molecule is N#Cc1ccc(NC2NCN(Cl)CN2Cc2c(Cl)cccc2Cl)cc1. The zero-order chi connectivity index (χ0) is 17.8. The third-order valence-electron chi connectivity index (χ3n) is 3.90. The maximum Gasteiger partial charge on any atom is 0.137 e. The summed E-state index contributed by atoms with van der Waals surface area (Å²) >= 11 is 18.8. The van der Waals surface area contributed by atoms with E-state index in [2.05, 4.69) is 21.6 Å². The van der Waals surface area contributed by atoms with Gasteiger partial charge in [0.1, 0.15) is 6.29 Å². The number of hydrogen-bond acceptors (Lipinski definition) is 5. The van der Waals surface area contributed by atoms with Crippen LogP contribution >= 0.6 is 35.0 Å². The Labute approximate surface area is 161 Å². The van der Waals surface area contributed by atoms with Crippen LogP contribution in [0.4, 0.5) is 5.69 Å². The van der Waals surface area contributed by atoms with Gasteiger partial charge in [0.15, 0.2) is 0 Å². The first-order valence-corrected chi connectivity index (χ1v) is 8.74. The van der Waals surface area contributed by atoms with Crippen molar-refractivity contribution in [1.29, 1.82) is 5.26 Å². The Morgan fingerprint density at radius 1 is 1.16 bits per heavy atom. The van der Waals surface area contributed by atoms with E-state index >= 15 is 0 Å². The lowest BCUT2D eigenvalue weighted by Crippen LogP contribution is -2.59. The van der Waals surface area contributed by atoms with Gasteiger partial charge in [-0.25, -0.2) is 0 Å². The largest absolute Gasteiger partial charge is 0.357 e. The highest BCUT2D eigenvalue weighted by molar-refractivity contribution is 6.35. The number of rotatable bonds is 4. The van der Waals surface area contributed by atoms with Crippen LogP contribution in [0.2, 0.25) is 10.0 Å². The van der Waals surface area contributed by atoms with Gasteiger partial charge in [-0.15, -0.1) is 0 Å². The molecule has 5 nitrogen and oxygen atoms in total. The molecule has 1 heterocycles. The molecule has 3 rings (SSSR count). The van der Waals surface area contributed by atoms with Crippen molar-refractivity contribution in [3.63, 3.8) is 0 Å². The van der Waals surface area contributed by atoms with Crippen molar-refractivity contribution in [1.82, 2.24) is 14.6 Å². The van der Waals surface area contributed by atoms with Crippen LogP contribution in [0.5, 0.6) is 0 Å². The lowest BCUT2D eigenvalue weighted by Gasteiger charge is -2.40. The van der Waals surface area contributed by atoms with Crippen LogP contribution in [0.25, 0.3) is 0 Å². The van der Waals surface area contributed by atoms with Crippen molar-refractivity contribution in [2.75, 3.05) is 18.7 Å². The van der Waals surface area contributed by atoms with E-state index in [9.17, 15) is 0 Å². The van der Waals surface area contributed by atoms with E-state index in [1.54, 1.807) is 16.6 Å². The van der Waals surface area contributed by atoms with Crippen LogP contribution in [-0.4, -0.2) is 28.9 Å². The lowest BCUT2D eigenvalue weighted by molar-refractivity contribution is 0.0697. The highest BCUT2D eigenvalue weighted by Crippen LogP contribution is 2.27. The maximum absolute atomic E-state index is 8.90. The van der Waals surface area contributed by atoms with Crippen molar-refractivity contribution in [2.45, 2.75) is 12.8 Å². The van der Waals surface area contributed by atoms with E-state index in [1.165, 1.54) is 0 Å².